The molecule has 0 spiro atoms. The van der Waals surface area contributed by atoms with Crippen molar-refractivity contribution in [2.45, 2.75) is 19.8 Å². The Hall–Kier alpha value is 1.27. The van der Waals surface area contributed by atoms with Crippen molar-refractivity contribution in [3.8, 4) is 0 Å². The van der Waals surface area contributed by atoms with Crippen LogP contribution in [0.3, 0.4) is 0 Å². The molecule has 0 aromatic rings. The molecule has 0 aromatic heterocycles. The van der Waals surface area contributed by atoms with E-state index >= 15 is 0 Å². The SMILES string of the molecule is CCCCO.O.O.O.[Ti].[Ti]. The summed E-state index contributed by atoms with van der Waals surface area (Å²) < 4.78 is 0. The Morgan fingerprint density at radius 3 is 1.30 bits per heavy atom. The van der Waals surface area contributed by atoms with Crippen molar-refractivity contribution in [2.24, 2.45) is 0 Å². The minimum Gasteiger partial charge on any atom is -0.412 e. The van der Waals surface area contributed by atoms with Gasteiger partial charge in [0.1, 0.15) is 0 Å². The van der Waals surface area contributed by atoms with E-state index in [1.807, 2.05) is 0 Å². The van der Waals surface area contributed by atoms with Gasteiger partial charge in [0.05, 0.1) is 0 Å². The zero-order valence-corrected chi connectivity index (χ0v) is 9.19. The van der Waals surface area contributed by atoms with Gasteiger partial charge in [0.25, 0.3) is 0 Å². The summed E-state index contributed by atoms with van der Waals surface area (Å²) in [6, 6.07) is 0. The van der Waals surface area contributed by atoms with E-state index in [1.165, 1.54) is 0 Å². The van der Waals surface area contributed by atoms with Crippen molar-refractivity contribution in [3.05, 3.63) is 0 Å². The molecule has 0 aliphatic heterocycles. The molecule has 0 atom stereocenters. The summed E-state index contributed by atoms with van der Waals surface area (Å²) in [6.07, 6.45) is 2.04. The van der Waals surface area contributed by atoms with Crippen LogP contribution in [-0.2, 0) is 43.4 Å². The molecular formula is C4H16O4Ti2. The average Bonchev–Trinajstić information content (AvgIpc) is 1.41. The molecule has 0 unspecified atom stereocenters. The molecule has 0 rings (SSSR count). The van der Waals surface area contributed by atoms with Crippen LogP contribution in [0, 0.1) is 0 Å². The van der Waals surface area contributed by atoms with Crippen LogP contribution in [0.5, 0.6) is 0 Å². The van der Waals surface area contributed by atoms with Crippen LogP contribution in [0.25, 0.3) is 0 Å². The third-order valence-corrected chi connectivity index (χ3v) is 0.512. The van der Waals surface area contributed by atoms with Crippen molar-refractivity contribution < 1.29 is 65.0 Å². The van der Waals surface area contributed by atoms with Crippen LogP contribution >= 0.6 is 0 Å². The quantitative estimate of drug-likeness (QED) is 0.553. The molecule has 0 amide bonds. The zero-order chi connectivity index (χ0) is 4.12. The number of aliphatic hydroxyl groups excluding tert-OH is 1. The molecule has 0 fully saturated rings. The Balaban J connectivity index is -0.00000000800. The molecule has 0 radical (unpaired) electrons. The van der Waals surface area contributed by atoms with E-state index in [9.17, 15) is 0 Å². The van der Waals surface area contributed by atoms with Crippen LogP contribution in [-0.4, -0.2) is 28.1 Å². The first-order valence-corrected chi connectivity index (χ1v) is 2.02. The fourth-order valence-corrected chi connectivity index (χ4v) is 0.158. The second kappa shape index (κ2) is 48.4. The summed E-state index contributed by atoms with van der Waals surface area (Å²) >= 11 is 0. The van der Waals surface area contributed by atoms with Gasteiger partial charge in [0, 0.05) is 50.0 Å². The molecule has 0 saturated carbocycles. The third-order valence-electron chi connectivity index (χ3n) is 0.512. The summed E-state index contributed by atoms with van der Waals surface area (Å²) in [7, 11) is 0. The van der Waals surface area contributed by atoms with Crippen molar-refractivity contribution in [1.82, 2.24) is 0 Å². The van der Waals surface area contributed by atoms with E-state index in [1.54, 1.807) is 0 Å². The van der Waals surface area contributed by atoms with Gasteiger partial charge in [-0.15, -0.1) is 0 Å². The Morgan fingerprint density at radius 1 is 1.00 bits per heavy atom. The zero-order valence-electron chi connectivity index (χ0n) is 6.07. The molecule has 0 aromatic carbocycles. The molecule has 0 aliphatic carbocycles. The van der Waals surface area contributed by atoms with Crippen LogP contribution < -0.4 is 0 Å². The first-order chi connectivity index (χ1) is 2.41. The Morgan fingerprint density at radius 2 is 1.30 bits per heavy atom. The molecule has 7 N–H and O–H groups in total. The molecule has 10 heavy (non-hydrogen) atoms. The Bertz CT molecular complexity index is 22.7. The van der Waals surface area contributed by atoms with E-state index < -0.39 is 0 Å². The van der Waals surface area contributed by atoms with Crippen LogP contribution in [0.15, 0.2) is 0 Å². The summed E-state index contributed by atoms with van der Waals surface area (Å²) in [5.74, 6) is 0. The van der Waals surface area contributed by atoms with Gasteiger partial charge in [-0.05, 0) is 6.42 Å². The summed E-state index contributed by atoms with van der Waals surface area (Å²) in [6.45, 7) is 2.40. The van der Waals surface area contributed by atoms with Gasteiger partial charge in [-0.1, -0.05) is 13.3 Å². The van der Waals surface area contributed by atoms with Crippen LogP contribution in [0.4, 0.5) is 0 Å². The molecule has 0 saturated heterocycles. The van der Waals surface area contributed by atoms with Gasteiger partial charge in [-0.25, -0.2) is 0 Å². The molecule has 0 aliphatic rings. The minimum atomic E-state index is 0. The summed E-state index contributed by atoms with van der Waals surface area (Å²) in [5.41, 5.74) is 0. The Kier molecular flexibility index (Phi) is 207. The molecule has 64 valence electrons. The molecular weight excluding hydrogens is 208 g/mol. The van der Waals surface area contributed by atoms with Gasteiger partial charge >= 0.3 is 0 Å². The largest absolute Gasteiger partial charge is 0.412 e. The van der Waals surface area contributed by atoms with E-state index in [2.05, 4.69) is 6.92 Å². The van der Waals surface area contributed by atoms with Crippen molar-refractivity contribution in [1.29, 1.82) is 0 Å². The summed E-state index contributed by atoms with van der Waals surface area (Å²) in [4.78, 5) is 0. The number of rotatable bonds is 2. The smallest absolute Gasteiger partial charge is 0.0430 e. The summed E-state index contributed by atoms with van der Waals surface area (Å²) in [5, 5.41) is 8.07. The molecule has 6 heteroatoms. The van der Waals surface area contributed by atoms with Crippen LogP contribution in [0.1, 0.15) is 19.8 Å². The van der Waals surface area contributed by atoms with Crippen molar-refractivity contribution in [3.63, 3.8) is 0 Å². The monoisotopic (exact) mass is 224 g/mol. The predicted octanol–water partition coefficient (Wildman–Crippen LogP) is -1.70. The van der Waals surface area contributed by atoms with Gasteiger partial charge in [0.15, 0.2) is 0 Å². The van der Waals surface area contributed by atoms with Crippen molar-refractivity contribution in [2.75, 3.05) is 6.61 Å². The van der Waals surface area contributed by atoms with Gasteiger partial charge in [-0.3, -0.25) is 0 Å². The Labute approximate surface area is 91.1 Å². The number of hydrogen-bond donors (Lipinski definition) is 1. The number of aliphatic hydroxyl groups is 1. The predicted molar refractivity (Wildman–Crippen MR) is 32.8 cm³/mol. The van der Waals surface area contributed by atoms with Gasteiger partial charge in [0.2, 0.25) is 0 Å². The third kappa shape index (κ3) is 59.3. The second-order valence-electron chi connectivity index (χ2n) is 1.08. The normalized spacial score (nSPS) is 4.20. The first kappa shape index (κ1) is 42.8. The molecule has 4 nitrogen and oxygen atoms in total. The minimum absolute atomic E-state index is 0. The second-order valence-corrected chi connectivity index (χ2v) is 1.08. The molecule has 0 bridgehead atoms. The first-order valence-electron chi connectivity index (χ1n) is 2.02. The average molecular weight is 224 g/mol. The van der Waals surface area contributed by atoms with E-state index in [0.717, 1.165) is 12.8 Å². The standard InChI is InChI=1S/C4H10O.3H2O.2Ti/c1-2-3-4-5;;;;;/h5H,2-4H2,1H3;3*1H2;;. The fraction of sp³-hybridized carbons (Fsp3) is 1.00. The van der Waals surface area contributed by atoms with Crippen molar-refractivity contribution >= 4 is 0 Å². The van der Waals surface area contributed by atoms with Crippen LogP contribution in [0.2, 0.25) is 0 Å². The van der Waals surface area contributed by atoms with E-state index in [-0.39, 0.29) is 59.9 Å². The maximum atomic E-state index is 8.07. The van der Waals surface area contributed by atoms with Gasteiger partial charge in [-0.2, -0.15) is 0 Å². The maximum absolute atomic E-state index is 8.07. The van der Waals surface area contributed by atoms with Gasteiger partial charge < -0.3 is 21.5 Å². The topological polar surface area (TPSA) is 115 Å². The molecule has 0 heterocycles. The maximum Gasteiger partial charge on any atom is 0.0430 e. The number of hydrogen-bond acceptors (Lipinski definition) is 1. The fourth-order valence-electron chi connectivity index (χ4n) is 0.158. The van der Waals surface area contributed by atoms with E-state index in [0.29, 0.717) is 6.61 Å². The number of unbranched alkanes of at least 4 members (excludes halogenated alkanes) is 1. The van der Waals surface area contributed by atoms with E-state index in [4.69, 9.17) is 5.11 Å².